The van der Waals surface area contributed by atoms with Gasteiger partial charge in [0.1, 0.15) is 5.78 Å². The van der Waals surface area contributed by atoms with Crippen molar-refractivity contribution in [2.24, 2.45) is 5.92 Å². The third kappa shape index (κ3) is 2.78. The van der Waals surface area contributed by atoms with Crippen molar-refractivity contribution >= 4 is 11.6 Å². The fraction of sp³-hybridized carbons (Fsp3) is 0.429. The number of hydrogen-bond donors (Lipinski definition) is 0. The van der Waals surface area contributed by atoms with Crippen LogP contribution in [0.15, 0.2) is 30.3 Å². The summed E-state index contributed by atoms with van der Waals surface area (Å²) in [5, 5.41) is 0. The Labute approximate surface area is 95.7 Å². The fourth-order valence-electron chi connectivity index (χ4n) is 2.29. The molecule has 0 amide bonds. The van der Waals surface area contributed by atoms with Crippen molar-refractivity contribution < 1.29 is 9.59 Å². The molecule has 1 atom stereocenters. The Hall–Kier alpha value is -1.44. The molecule has 0 heterocycles. The number of carbonyl (C=O) groups is 2. The molecular formula is C14H16O2. The molecule has 0 saturated heterocycles. The first-order valence-corrected chi connectivity index (χ1v) is 5.85. The van der Waals surface area contributed by atoms with Gasteiger partial charge in [-0.1, -0.05) is 30.3 Å². The Kier molecular flexibility index (Phi) is 3.50. The highest BCUT2D eigenvalue weighted by molar-refractivity contribution is 5.96. The Morgan fingerprint density at radius 2 is 2.00 bits per heavy atom. The molecule has 16 heavy (non-hydrogen) atoms. The van der Waals surface area contributed by atoms with Gasteiger partial charge in [-0.25, -0.2) is 0 Å². The summed E-state index contributed by atoms with van der Waals surface area (Å²) >= 11 is 0. The minimum Gasteiger partial charge on any atom is -0.300 e. The summed E-state index contributed by atoms with van der Waals surface area (Å²) in [6.07, 6.45) is 3.79. The highest BCUT2D eigenvalue weighted by Crippen LogP contribution is 2.25. The summed E-state index contributed by atoms with van der Waals surface area (Å²) in [4.78, 5) is 23.2. The van der Waals surface area contributed by atoms with Crippen LogP contribution in [-0.4, -0.2) is 11.6 Å². The van der Waals surface area contributed by atoms with Crippen LogP contribution in [0.1, 0.15) is 42.5 Å². The van der Waals surface area contributed by atoms with Crippen LogP contribution in [0, 0.1) is 5.92 Å². The number of benzene rings is 1. The van der Waals surface area contributed by atoms with E-state index in [1.807, 2.05) is 30.3 Å². The standard InChI is InChI=1S/C14H16O2/c15-13-8-4-5-11(9-13)10-14(16)12-6-2-1-3-7-12/h1-3,6-7,11H,4-5,8-10H2/t11-/m1/s1. The van der Waals surface area contributed by atoms with Crippen LogP contribution >= 0.6 is 0 Å². The Balaban J connectivity index is 1.95. The van der Waals surface area contributed by atoms with Gasteiger partial charge in [-0.05, 0) is 18.8 Å². The highest BCUT2D eigenvalue weighted by Gasteiger charge is 2.22. The zero-order chi connectivity index (χ0) is 11.4. The van der Waals surface area contributed by atoms with E-state index in [0.717, 1.165) is 18.4 Å². The Morgan fingerprint density at radius 3 is 2.69 bits per heavy atom. The van der Waals surface area contributed by atoms with Crippen molar-refractivity contribution in [1.82, 2.24) is 0 Å². The van der Waals surface area contributed by atoms with E-state index < -0.39 is 0 Å². The minimum absolute atomic E-state index is 0.167. The lowest BCUT2D eigenvalue weighted by Gasteiger charge is -2.19. The van der Waals surface area contributed by atoms with Gasteiger partial charge in [-0.3, -0.25) is 9.59 Å². The van der Waals surface area contributed by atoms with E-state index in [1.54, 1.807) is 0 Å². The van der Waals surface area contributed by atoms with E-state index in [4.69, 9.17) is 0 Å². The zero-order valence-electron chi connectivity index (χ0n) is 9.32. The second-order valence-corrected chi connectivity index (χ2v) is 4.49. The predicted molar refractivity (Wildman–Crippen MR) is 62.4 cm³/mol. The van der Waals surface area contributed by atoms with Gasteiger partial charge in [0.15, 0.2) is 5.78 Å². The summed E-state index contributed by atoms with van der Waals surface area (Å²) in [5.74, 6) is 0.756. The van der Waals surface area contributed by atoms with Gasteiger partial charge < -0.3 is 0 Å². The molecule has 0 unspecified atom stereocenters. The first-order chi connectivity index (χ1) is 7.75. The SMILES string of the molecule is O=C1CCC[C@@H](CC(=O)c2ccccc2)C1. The molecule has 1 aromatic carbocycles. The summed E-state index contributed by atoms with van der Waals surface area (Å²) in [6.45, 7) is 0. The average Bonchev–Trinajstić information content (AvgIpc) is 2.30. The molecule has 2 rings (SSSR count). The lowest BCUT2D eigenvalue weighted by molar-refractivity contribution is -0.121. The molecule has 84 valence electrons. The van der Waals surface area contributed by atoms with Crippen LogP contribution in [0.5, 0.6) is 0 Å². The summed E-state index contributed by atoms with van der Waals surface area (Å²) in [6, 6.07) is 9.33. The van der Waals surface area contributed by atoms with Crippen LogP contribution in [-0.2, 0) is 4.79 Å². The van der Waals surface area contributed by atoms with Crippen molar-refractivity contribution in [2.45, 2.75) is 32.1 Å². The Bertz CT molecular complexity index is 381. The first kappa shape index (κ1) is 11.1. The molecule has 0 aromatic heterocycles. The average molecular weight is 216 g/mol. The number of rotatable bonds is 3. The van der Waals surface area contributed by atoms with Crippen LogP contribution in [0.2, 0.25) is 0 Å². The van der Waals surface area contributed by atoms with E-state index in [2.05, 4.69) is 0 Å². The van der Waals surface area contributed by atoms with Crippen molar-refractivity contribution in [3.8, 4) is 0 Å². The van der Waals surface area contributed by atoms with Gasteiger partial charge in [0, 0.05) is 24.8 Å². The zero-order valence-corrected chi connectivity index (χ0v) is 9.32. The molecule has 1 aromatic rings. The lowest BCUT2D eigenvalue weighted by Crippen LogP contribution is -2.18. The molecule has 1 saturated carbocycles. The highest BCUT2D eigenvalue weighted by atomic mass is 16.1. The van der Waals surface area contributed by atoms with Crippen molar-refractivity contribution in [3.63, 3.8) is 0 Å². The summed E-state index contributed by atoms with van der Waals surface area (Å²) < 4.78 is 0. The molecule has 0 N–H and O–H groups in total. The van der Waals surface area contributed by atoms with E-state index in [-0.39, 0.29) is 11.7 Å². The summed E-state index contributed by atoms with van der Waals surface area (Å²) in [5.41, 5.74) is 0.764. The number of ketones is 2. The van der Waals surface area contributed by atoms with Gasteiger partial charge in [-0.2, -0.15) is 0 Å². The molecule has 0 radical (unpaired) electrons. The first-order valence-electron chi connectivity index (χ1n) is 5.85. The normalized spacial score (nSPS) is 20.8. The molecule has 1 aliphatic carbocycles. The van der Waals surface area contributed by atoms with Gasteiger partial charge in [-0.15, -0.1) is 0 Å². The maximum atomic E-state index is 11.9. The lowest BCUT2D eigenvalue weighted by atomic mass is 9.84. The van der Waals surface area contributed by atoms with E-state index >= 15 is 0 Å². The van der Waals surface area contributed by atoms with Gasteiger partial charge >= 0.3 is 0 Å². The van der Waals surface area contributed by atoms with E-state index in [0.29, 0.717) is 25.0 Å². The number of hydrogen-bond acceptors (Lipinski definition) is 2. The largest absolute Gasteiger partial charge is 0.300 e. The van der Waals surface area contributed by atoms with Crippen molar-refractivity contribution in [2.75, 3.05) is 0 Å². The molecule has 0 spiro atoms. The van der Waals surface area contributed by atoms with Crippen molar-refractivity contribution in [3.05, 3.63) is 35.9 Å². The number of carbonyl (C=O) groups excluding carboxylic acids is 2. The van der Waals surface area contributed by atoms with E-state index in [9.17, 15) is 9.59 Å². The topological polar surface area (TPSA) is 34.1 Å². The third-order valence-corrected chi connectivity index (χ3v) is 3.15. The Morgan fingerprint density at radius 1 is 1.25 bits per heavy atom. The molecule has 0 bridgehead atoms. The minimum atomic E-state index is 0.167. The third-order valence-electron chi connectivity index (χ3n) is 3.15. The predicted octanol–water partition coefficient (Wildman–Crippen LogP) is 3.02. The van der Waals surface area contributed by atoms with Crippen LogP contribution in [0.4, 0.5) is 0 Å². The molecule has 2 heteroatoms. The van der Waals surface area contributed by atoms with Crippen LogP contribution in [0.3, 0.4) is 0 Å². The monoisotopic (exact) mass is 216 g/mol. The van der Waals surface area contributed by atoms with Gasteiger partial charge in [0.25, 0.3) is 0 Å². The van der Waals surface area contributed by atoms with Crippen molar-refractivity contribution in [1.29, 1.82) is 0 Å². The molecular weight excluding hydrogens is 200 g/mol. The second kappa shape index (κ2) is 5.06. The van der Waals surface area contributed by atoms with E-state index in [1.165, 1.54) is 0 Å². The smallest absolute Gasteiger partial charge is 0.163 e. The summed E-state index contributed by atoms with van der Waals surface area (Å²) in [7, 11) is 0. The molecule has 1 aliphatic rings. The number of Topliss-reactive ketones (excluding diaryl/α,β-unsaturated/α-hetero) is 2. The molecule has 2 nitrogen and oxygen atoms in total. The fourth-order valence-corrected chi connectivity index (χ4v) is 2.29. The van der Waals surface area contributed by atoms with Gasteiger partial charge in [0.2, 0.25) is 0 Å². The van der Waals surface area contributed by atoms with Crippen LogP contribution in [0.25, 0.3) is 0 Å². The molecule has 1 fully saturated rings. The molecule has 0 aliphatic heterocycles. The van der Waals surface area contributed by atoms with Crippen LogP contribution < -0.4 is 0 Å². The quantitative estimate of drug-likeness (QED) is 0.728. The maximum Gasteiger partial charge on any atom is 0.163 e. The maximum absolute atomic E-state index is 11.9. The van der Waals surface area contributed by atoms with Gasteiger partial charge in [0.05, 0.1) is 0 Å². The second-order valence-electron chi connectivity index (χ2n) is 4.49.